The fourth-order valence-corrected chi connectivity index (χ4v) is 7.61. The van der Waals surface area contributed by atoms with E-state index in [2.05, 4.69) is 31.2 Å². The van der Waals surface area contributed by atoms with Crippen molar-refractivity contribution in [1.29, 1.82) is 0 Å². The fraction of sp³-hybridized carbons (Fsp3) is 0.378. The number of carbonyl (C=O) groups is 6. The Morgan fingerprint density at radius 3 is 2.41 bits per heavy atom. The second-order valence-electron chi connectivity index (χ2n) is 15.5. The minimum absolute atomic E-state index is 0.0219. The molecule has 1 unspecified atom stereocenters. The van der Waals surface area contributed by atoms with Gasteiger partial charge in [0.25, 0.3) is 17.7 Å². The van der Waals surface area contributed by atoms with Crippen molar-refractivity contribution in [1.82, 2.24) is 25.8 Å². The van der Waals surface area contributed by atoms with Gasteiger partial charge in [-0.2, -0.15) is 0 Å². The minimum atomic E-state index is -0.813. The molecule has 1 aliphatic carbocycles. The molecule has 1 fully saturated rings. The average Bonchev–Trinajstić information content (AvgIpc) is 3.45. The zero-order chi connectivity index (χ0) is 41.7. The number of amidine groups is 1. The third-order valence-corrected chi connectivity index (χ3v) is 10.8. The standard InChI is InChI=1S/C45H52N8O6/c1-29-20-34-15-16-35(24-37(34)51-39(46)21-29)44(58)50-36-22-32(25-47-27-36)26-49-45(59)38(23-30-8-4-2-5-9-30)52-40(54)10-6-3-7-19-48-43(57)33-13-11-31(12-14-33)28-53-41(55)17-18-42(53)56/h2,4-5,8-9,15-18,20,22,24-25,27,31,33,38H,3,6-7,10-14,19,21,23,26,28H2,1H3,(H2,46,51)(H,48,57)(H,49,59)(H,50,58)(H,52,54). The van der Waals surface area contributed by atoms with Crippen LogP contribution in [0, 0.1) is 11.8 Å². The first-order chi connectivity index (χ1) is 28.5. The second kappa shape index (κ2) is 20.3. The third kappa shape index (κ3) is 12.3. The van der Waals surface area contributed by atoms with Crippen LogP contribution in [-0.4, -0.2) is 70.3 Å². The number of nitrogens with zero attached hydrogens (tertiary/aromatic N) is 3. The molecule has 1 atom stereocenters. The van der Waals surface area contributed by atoms with Crippen molar-refractivity contribution in [3.63, 3.8) is 0 Å². The van der Waals surface area contributed by atoms with Gasteiger partial charge in [0.05, 0.1) is 17.6 Å². The number of hydrogen-bond donors (Lipinski definition) is 5. The van der Waals surface area contributed by atoms with E-state index in [9.17, 15) is 28.8 Å². The summed E-state index contributed by atoms with van der Waals surface area (Å²) in [6, 6.07) is 15.7. The quantitative estimate of drug-likeness (QED) is 0.0938. The molecule has 0 bridgehead atoms. The van der Waals surface area contributed by atoms with Crippen LogP contribution in [-0.2, 0) is 36.9 Å². The molecule has 6 rings (SSSR count). The molecule has 59 heavy (non-hydrogen) atoms. The number of nitrogens with two attached hydrogens (primary N) is 1. The number of carbonyl (C=O) groups excluding carboxylic acids is 6. The summed E-state index contributed by atoms with van der Waals surface area (Å²) in [6.07, 6.45) is 13.9. The average molecular weight is 801 g/mol. The summed E-state index contributed by atoms with van der Waals surface area (Å²) in [7, 11) is 0. The monoisotopic (exact) mass is 800 g/mol. The first-order valence-electron chi connectivity index (χ1n) is 20.3. The second-order valence-corrected chi connectivity index (χ2v) is 15.5. The molecule has 14 nitrogen and oxygen atoms in total. The Balaban J connectivity index is 0.924. The van der Waals surface area contributed by atoms with E-state index in [1.807, 2.05) is 49.4 Å². The Kier molecular flexibility index (Phi) is 14.5. The van der Waals surface area contributed by atoms with Gasteiger partial charge in [-0.1, -0.05) is 54.5 Å². The zero-order valence-electron chi connectivity index (χ0n) is 33.4. The Labute approximate surface area is 344 Å². The summed E-state index contributed by atoms with van der Waals surface area (Å²) in [5.74, 6) is -0.829. The summed E-state index contributed by atoms with van der Waals surface area (Å²) in [5.41, 5.74) is 11.1. The molecule has 0 saturated heterocycles. The van der Waals surface area contributed by atoms with Crippen LogP contribution in [0.5, 0.6) is 0 Å². The summed E-state index contributed by atoms with van der Waals surface area (Å²) in [6.45, 7) is 3.03. The summed E-state index contributed by atoms with van der Waals surface area (Å²) in [5, 5.41) is 11.7. The maximum atomic E-state index is 13.5. The van der Waals surface area contributed by atoms with E-state index in [1.54, 1.807) is 24.4 Å². The Bertz CT molecular complexity index is 2120. The smallest absolute Gasteiger partial charge is 0.255 e. The maximum Gasteiger partial charge on any atom is 0.255 e. The topological polar surface area (TPSA) is 205 Å². The van der Waals surface area contributed by atoms with Crippen molar-refractivity contribution in [2.24, 2.45) is 22.6 Å². The zero-order valence-corrected chi connectivity index (χ0v) is 33.4. The fourth-order valence-electron chi connectivity index (χ4n) is 7.61. The number of benzene rings is 2. The highest BCUT2D eigenvalue weighted by atomic mass is 16.2. The van der Waals surface area contributed by atoms with Gasteiger partial charge >= 0.3 is 0 Å². The number of nitrogens with one attached hydrogen (secondary N) is 4. The lowest BCUT2D eigenvalue weighted by Crippen LogP contribution is -2.47. The predicted octanol–water partition coefficient (Wildman–Crippen LogP) is 4.88. The SMILES string of the molecule is CC1=Cc2ccc(C(=O)Nc3cncc(CNC(=O)C(Cc4ccccc4)NC(=O)CCCCCNC(=O)C4CCC(CN5C(=O)C=CC5=O)CC4)c3)cc2N=C(N)C1. The van der Waals surface area contributed by atoms with Gasteiger partial charge in [-0.05, 0) is 80.7 Å². The van der Waals surface area contributed by atoms with Gasteiger partial charge in [0, 0.05) is 74.3 Å². The molecule has 0 spiro atoms. The summed E-state index contributed by atoms with van der Waals surface area (Å²) in [4.78, 5) is 86.3. The first-order valence-corrected chi connectivity index (χ1v) is 20.3. The number of anilines is 1. The number of unbranched alkanes of at least 4 members (excludes halogenated alkanes) is 2. The third-order valence-electron chi connectivity index (χ3n) is 10.8. The van der Waals surface area contributed by atoms with Crippen LogP contribution in [0.2, 0.25) is 0 Å². The van der Waals surface area contributed by atoms with Crippen molar-refractivity contribution >= 4 is 58.7 Å². The predicted molar refractivity (Wildman–Crippen MR) is 225 cm³/mol. The molecule has 3 aliphatic rings. The Morgan fingerprint density at radius 2 is 1.64 bits per heavy atom. The maximum absolute atomic E-state index is 13.5. The molecule has 1 saturated carbocycles. The van der Waals surface area contributed by atoms with Gasteiger partial charge in [-0.15, -0.1) is 0 Å². The van der Waals surface area contributed by atoms with E-state index < -0.39 is 6.04 Å². The van der Waals surface area contributed by atoms with Crippen LogP contribution < -0.4 is 27.0 Å². The molecular formula is C45H52N8O6. The molecule has 2 aromatic carbocycles. The van der Waals surface area contributed by atoms with Crippen LogP contribution >= 0.6 is 0 Å². The highest BCUT2D eigenvalue weighted by Gasteiger charge is 2.31. The molecule has 6 N–H and O–H groups in total. The van der Waals surface area contributed by atoms with Gasteiger partial charge < -0.3 is 27.0 Å². The van der Waals surface area contributed by atoms with E-state index in [4.69, 9.17) is 5.73 Å². The van der Waals surface area contributed by atoms with E-state index in [1.165, 1.54) is 23.2 Å². The van der Waals surface area contributed by atoms with Gasteiger partial charge in [-0.25, -0.2) is 4.99 Å². The molecule has 3 aromatic rings. The molecule has 14 heteroatoms. The molecule has 0 radical (unpaired) electrons. The van der Waals surface area contributed by atoms with E-state index in [-0.39, 0.29) is 60.2 Å². The lowest BCUT2D eigenvalue weighted by Gasteiger charge is -2.30. The highest BCUT2D eigenvalue weighted by molar-refractivity contribution is 6.12. The van der Waals surface area contributed by atoms with E-state index in [0.29, 0.717) is 60.7 Å². The molecule has 1 aromatic heterocycles. The number of imide groups is 1. The first kappa shape index (κ1) is 42.2. The van der Waals surface area contributed by atoms with Crippen LogP contribution in [0.4, 0.5) is 11.4 Å². The van der Waals surface area contributed by atoms with Crippen molar-refractivity contribution in [3.8, 4) is 0 Å². The number of aromatic nitrogens is 1. The summed E-state index contributed by atoms with van der Waals surface area (Å²) < 4.78 is 0. The van der Waals surface area contributed by atoms with Crippen molar-refractivity contribution in [2.45, 2.75) is 83.7 Å². The lowest BCUT2D eigenvalue weighted by molar-refractivity contribution is -0.138. The van der Waals surface area contributed by atoms with Crippen molar-refractivity contribution in [3.05, 3.63) is 107 Å². The molecule has 3 heterocycles. The largest absolute Gasteiger partial charge is 0.387 e. The molecule has 6 amide bonds. The Morgan fingerprint density at radius 1 is 0.881 bits per heavy atom. The highest BCUT2D eigenvalue weighted by Crippen LogP contribution is 2.30. The van der Waals surface area contributed by atoms with Crippen molar-refractivity contribution < 1.29 is 28.8 Å². The molecule has 2 aliphatic heterocycles. The number of aliphatic imine (C=N–C) groups is 1. The number of rotatable bonds is 17. The van der Waals surface area contributed by atoms with Crippen LogP contribution in [0.15, 0.2) is 89.7 Å². The Hall–Kier alpha value is -6.44. The lowest BCUT2D eigenvalue weighted by atomic mass is 9.81. The van der Waals surface area contributed by atoms with Gasteiger partial charge in [0.1, 0.15) is 11.9 Å². The normalized spacial score (nSPS) is 17.9. The summed E-state index contributed by atoms with van der Waals surface area (Å²) >= 11 is 0. The molecular weight excluding hydrogens is 749 g/mol. The number of fused-ring (bicyclic) bond motifs is 1. The minimum Gasteiger partial charge on any atom is -0.387 e. The number of hydrogen-bond acceptors (Lipinski definition) is 9. The van der Waals surface area contributed by atoms with Crippen LogP contribution in [0.1, 0.15) is 91.8 Å². The van der Waals surface area contributed by atoms with Gasteiger partial charge in [0.15, 0.2) is 0 Å². The van der Waals surface area contributed by atoms with Crippen molar-refractivity contribution in [2.75, 3.05) is 18.4 Å². The van der Waals surface area contributed by atoms with E-state index in [0.717, 1.165) is 55.2 Å². The molecule has 308 valence electrons. The van der Waals surface area contributed by atoms with Gasteiger partial charge in [0.2, 0.25) is 17.7 Å². The van der Waals surface area contributed by atoms with Crippen LogP contribution in [0.3, 0.4) is 0 Å². The van der Waals surface area contributed by atoms with Crippen LogP contribution in [0.25, 0.3) is 6.08 Å². The number of amides is 6. The number of pyridine rings is 1. The van der Waals surface area contributed by atoms with Gasteiger partial charge in [-0.3, -0.25) is 38.7 Å². The van der Waals surface area contributed by atoms with E-state index >= 15 is 0 Å².